The highest BCUT2D eigenvalue weighted by atomic mass is 32.2. The van der Waals surface area contributed by atoms with Crippen LogP contribution >= 0.6 is 0 Å². The Kier molecular flexibility index (Phi) is 13.3. The average Bonchev–Trinajstić information content (AvgIpc) is 3.14. The summed E-state index contributed by atoms with van der Waals surface area (Å²) in [5, 5.41) is 2.92. The molecule has 0 aromatic heterocycles. The normalized spacial score (nSPS) is 11.8. The van der Waals surface area contributed by atoms with Crippen molar-refractivity contribution in [1.29, 1.82) is 0 Å². The summed E-state index contributed by atoms with van der Waals surface area (Å²) in [5.74, 6) is -0.852. The molecule has 51 heavy (non-hydrogen) atoms. The fraction of sp³-hybridized carbons (Fsp3) is 0.316. The lowest BCUT2D eigenvalue weighted by molar-refractivity contribution is -0.140. The first-order valence-electron chi connectivity index (χ1n) is 16.2. The van der Waals surface area contributed by atoms with E-state index >= 15 is 4.39 Å². The molecule has 0 spiro atoms. The summed E-state index contributed by atoms with van der Waals surface area (Å²) in [7, 11) is 1.02. The molecular weight excluding hydrogens is 677 g/mol. The number of nitrogens with one attached hydrogen (secondary N) is 1. The molecule has 0 aliphatic rings. The number of carbonyl (C=O) groups excluding carboxylic acids is 2. The number of methoxy groups -OCH3 is 4. The topological polar surface area (TPSA) is 124 Å². The van der Waals surface area contributed by atoms with Crippen LogP contribution in [0, 0.1) is 11.7 Å². The minimum Gasteiger partial charge on any atom is -0.497 e. The monoisotopic (exact) mass is 721 g/mol. The number of halogens is 1. The number of amides is 2. The first kappa shape index (κ1) is 38.5. The molecule has 0 bridgehead atoms. The molecule has 0 saturated heterocycles. The zero-order chi connectivity index (χ0) is 37.1. The van der Waals surface area contributed by atoms with Gasteiger partial charge in [0.1, 0.15) is 29.9 Å². The van der Waals surface area contributed by atoms with E-state index in [0.29, 0.717) is 18.0 Å². The third-order valence-electron chi connectivity index (χ3n) is 8.13. The summed E-state index contributed by atoms with van der Waals surface area (Å²) in [6, 6.07) is 22.5. The maximum absolute atomic E-state index is 15.2. The van der Waals surface area contributed by atoms with Crippen molar-refractivity contribution in [3.05, 3.63) is 108 Å². The third kappa shape index (κ3) is 9.48. The van der Waals surface area contributed by atoms with Crippen molar-refractivity contribution < 1.29 is 41.3 Å². The number of carbonyl (C=O) groups is 2. The first-order valence-corrected chi connectivity index (χ1v) is 17.7. The van der Waals surface area contributed by atoms with Crippen LogP contribution in [0.25, 0.3) is 0 Å². The lowest BCUT2D eigenvalue weighted by Crippen LogP contribution is -2.53. The number of ether oxygens (including phenoxy) is 4. The van der Waals surface area contributed by atoms with E-state index in [4.69, 9.17) is 18.9 Å². The van der Waals surface area contributed by atoms with E-state index in [9.17, 15) is 18.0 Å². The molecule has 11 nitrogen and oxygen atoms in total. The number of rotatable bonds is 17. The highest BCUT2D eigenvalue weighted by Gasteiger charge is 2.36. The predicted molar refractivity (Wildman–Crippen MR) is 192 cm³/mol. The maximum Gasteiger partial charge on any atom is 0.265 e. The number of anilines is 1. The molecular formula is C38H44FN3O8S. The minimum atomic E-state index is -4.57. The van der Waals surface area contributed by atoms with E-state index in [0.717, 1.165) is 9.87 Å². The second kappa shape index (κ2) is 17.6. The van der Waals surface area contributed by atoms with Gasteiger partial charge in [0, 0.05) is 37.2 Å². The molecule has 4 aromatic carbocycles. The van der Waals surface area contributed by atoms with E-state index in [1.54, 1.807) is 12.1 Å². The molecule has 0 radical (unpaired) electrons. The SMILES string of the molecule is COc1ccc(OC)c(N(CC(=O)N(Cc2ccccc2F)[C@@H](Cc2ccccc2)C(=O)NCC(C)C)S(=O)(=O)c2ccc(OC)c(OC)c2)c1. The summed E-state index contributed by atoms with van der Waals surface area (Å²) in [4.78, 5) is 29.8. The van der Waals surface area contributed by atoms with Crippen molar-refractivity contribution in [3.8, 4) is 23.0 Å². The van der Waals surface area contributed by atoms with E-state index < -0.39 is 40.2 Å². The fourth-order valence-electron chi connectivity index (χ4n) is 5.40. The number of sulfonamides is 1. The van der Waals surface area contributed by atoms with Crippen LogP contribution in [-0.4, -0.2) is 72.7 Å². The number of hydrogen-bond acceptors (Lipinski definition) is 8. The summed E-state index contributed by atoms with van der Waals surface area (Å²) in [6.07, 6.45) is 0.0792. The van der Waals surface area contributed by atoms with Crippen LogP contribution < -0.4 is 28.6 Å². The Hall–Kier alpha value is -5.30. The number of hydrogen-bond donors (Lipinski definition) is 1. The van der Waals surface area contributed by atoms with Crippen molar-refractivity contribution in [3.63, 3.8) is 0 Å². The second-order valence-corrected chi connectivity index (χ2v) is 13.9. The van der Waals surface area contributed by atoms with Crippen LogP contribution in [0.15, 0.2) is 95.9 Å². The fourth-order valence-corrected chi connectivity index (χ4v) is 6.83. The Balaban J connectivity index is 1.90. The Bertz CT molecular complexity index is 1910. The number of benzene rings is 4. The van der Waals surface area contributed by atoms with E-state index in [-0.39, 0.29) is 46.5 Å². The second-order valence-electron chi connectivity index (χ2n) is 12.0. The van der Waals surface area contributed by atoms with Gasteiger partial charge in [0.15, 0.2) is 11.5 Å². The Morgan fingerprint density at radius 2 is 1.43 bits per heavy atom. The molecule has 0 aliphatic heterocycles. The zero-order valence-electron chi connectivity index (χ0n) is 29.6. The lowest BCUT2D eigenvalue weighted by atomic mass is 10.0. The van der Waals surface area contributed by atoms with Crippen LogP contribution in [0.5, 0.6) is 23.0 Å². The largest absolute Gasteiger partial charge is 0.497 e. The molecule has 13 heteroatoms. The van der Waals surface area contributed by atoms with Crippen LogP contribution in [0.1, 0.15) is 25.0 Å². The van der Waals surface area contributed by atoms with Crippen LogP contribution in [0.3, 0.4) is 0 Å². The van der Waals surface area contributed by atoms with Crippen LogP contribution in [-0.2, 0) is 32.6 Å². The zero-order valence-corrected chi connectivity index (χ0v) is 30.4. The Morgan fingerprint density at radius 3 is 2.06 bits per heavy atom. The van der Waals surface area contributed by atoms with Gasteiger partial charge in [0.05, 0.1) is 39.0 Å². The van der Waals surface area contributed by atoms with Gasteiger partial charge in [-0.2, -0.15) is 0 Å². The first-order chi connectivity index (χ1) is 24.4. The van der Waals surface area contributed by atoms with Crippen LogP contribution in [0.4, 0.5) is 10.1 Å². The molecule has 272 valence electrons. The van der Waals surface area contributed by atoms with Gasteiger partial charge in [0.25, 0.3) is 10.0 Å². The summed E-state index contributed by atoms with van der Waals surface area (Å²) < 4.78 is 67.0. The smallest absolute Gasteiger partial charge is 0.265 e. The van der Waals surface area contributed by atoms with Gasteiger partial charge >= 0.3 is 0 Å². The summed E-state index contributed by atoms with van der Waals surface area (Å²) in [6.45, 7) is 3.09. The highest BCUT2D eigenvalue weighted by molar-refractivity contribution is 7.92. The molecule has 0 aliphatic carbocycles. The van der Waals surface area contributed by atoms with Gasteiger partial charge in [0.2, 0.25) is 11.8 Å². The standard InChI is InChI=1S/C38H44FN3O8S/c1-26(2)23-40-38(44)33(20-27-12-8-7-9-13-27)41(24-28-14-10-11-15-31(28)39)37(43)25-42(32-21-29(47-3)16-18-34(32)48-4)51(45,46)30-17-19-35(49-5)36(22-30)50-6/h7-19,21-22,26,33H,20,23-25H2,1-6H3,(H,40,44)/t33-/m0/s1. The van der Waals surface area contributed by atoms with Gasteiger partial charge in [-0.15, -0.1) is 0 Å². The van der Waals surface area contributed by atoms with Crippen molar-refractivity contribution >= 4 is 27.5 Å². The summed E-state index contributed by atoms with van der Waals surface area (Å²) >= 11 is 0. The van der Waals surface area contributed by atoms with Crippen LogP contribution in [0.2, 0.25) is 0 Å². The Morgan fingerprint density at radius 1 is 0.784 bits per heavy atom. The molecule has 4 rings (SSSR count). The van der Waals surface area contributed by atoms with Crippen molar-refractivity contribution in [2.45, 2.75) is 37.8 Å². The van der Waals surface area contributed by atoms with E-state index in [1.165, 1.54) is 81.9 Å². The molecule has 0 saturated carbocycles. The van der Waals surface area contributed by atoms with E-state index in [2.05, 4.69) is 5.32 Å². The molecule has 0 heterocycles. The molecule has 2 amide bonds. The lowest BCUT2D eigenvalue weighted by Gasteiger charge is -2.34. The van der Waals surface area contributed by atoms with Gasteiger partial charge in [-0.1, -0.05) is 62.4 Å². The van der Waals surface area contributed by atoms with Gasteiger partial charge in [-0.25, -0.2) is 12.8 Å². The highest BCUT2D eigenvalue weighted by Crippen LogP contribution is 2.38. The molecule has 1 N–H and O–H groups in total. The van der Waals surface area contributed by atoms with Crippen molar-refractivity contribution in [1.82, 2.24) is 10.2 Å². The van der Waals surface area contributed by atoms with Crippen molar-refractivity contribution in [2.75, 3.05) is 45.8 Å². The number of nitrogens with zero attached hydrogens (tertiary/aromatic N) is 2. The average molecular weight is 722 g/mol. The maximum atomic E-state index is 15.2. The Labute approximate surface area is 298 Å². The summed E-state index contributed by atoms with van der Waals surface area (Å²) in [5.41, 5.74) is 0.890. The van der Waals surface area contributed by atoms with E-state index in [1.807, 2.05) is 44.2 Å². The molecule has 0 fully saturated rings. The quantitative estimate of drug-likeness (QED) is 0.152. The molecule has 0 unspecified atom stereocenters. The minimum absolute atomic E-state index is 0.00491. The van der Waals surface area contributed by atoms with Gasteiger partial charge < -0.3 is 29.2 Å². The third-order valence-corrected chi connectivity index (χ3v) is 9.89. The van der Waals surface area contributed by atoms with Crippen molar-refractivity contribution in [2.24, 2.45) is 5.92 Å². The van der Waals surface area contributed by atoms with Gasteiger partial charge in [-0.05, 0) is 41.8 Å². The van der Waals surface area contributed by atoms with Gasteiger partial charge in [-0.3, -0.25) is 13.9 Å². The predicted octanol–water partition coefficient (Wildman–Crippen LogP) is 5.47. The molecule has 1 atom stereocenters. The molecule has 4 aromatic rings.